The summed E-state index contributed by atoms with van der Waals surface area (Å²) < 4.78 is 5.64. The molecule has 0 saturated carbocycles. The number of hydrogen-bond acceptors (Lipinski definition) is 4. The van der Waals surface area contributed by atoms with Crippen LogP contribution in [0, 0.1) is 6.92 Å². The maximum atomic E-state index is 5.64. The van der Waals surface area contributed by atoms with Crippen molar-refractivity contribution in [1.82, 2.24) is 10.6 Å². The third-order valence-corrected chi connectivity index (χ3v) is 3.92. The summed E-state index contributed by atoms with van der Waals surface area (Å²) in [5.41, 5.74) is 1.40. The van der Waals surface area contributed by atoms with E-state index in [1.807, 2.05) is 11.3 Å². The Morgan fingerprint density at radius 3 is 3.25 bits per heavy atom. The van der Waals surface area contributed by atoms with Gasteiger partial charge in [0.2, 0.25) is 0 Å². The summed E-state index contributed by atoms with van der Waals surface area (Å²) in [6.07, 6.45) is 1.49. The monoisotopic (exact) mass is 240 g/mol. The normalized spacial score (nSPS) is 21.2. The lowest BCUT2D eigenvalue weighted by Gasteiger charge is -2.23. The van der Waals surface area contributed by atoms with Crippen molar-refractivity contribution in [2.45, 2.75) is 26.0 Å². The Hall–Kier alpha value is -0.420. The number of ether oxygens (including phenoxy) is 1. The number of morpholine rings is 1. The maximum absolute atomic E-state index is 5.64. The van der Waals surface area contributed by atoms with Gasteiger partial charge in [0.25, 0.3) is 0 Å². The van der Waals surface area contributed by atoms with Crippen molar-refractivity contribution < 1.29 is 4.74 Å². The molecule has 1 saturated heterocycles. The van der Waals surface area contributed by atoms with Gasteiger partial charge in [-0.1, -0.05) is 0 Å². The van der Waals surface area contributed by atoms with E-state index in [0.717, 1.165) is 39.2 Å². The third-order valence-electron chi connectivity index (χ3n) is 2.90. The third kappa shape index (κ3) is 3.56. The van der Waals surface area contributed by atoms with Crippen molar-refractivity contribution in [2.75, 3.05) is 26.2 Å². The highest BCUT2D eigenvalue weighted by molar-refractivity contribution is 7.10. The first kappa shape index (κ1) is 12.0. The van der Waals surface area contributed by atoms with E-state index in [0.29, 0.717) is 6.10 Å². The van der Waals surface area contributed by atoms with Crippen molar-refractivity contribution in [3.63, 3.8) is 0 Å². The standard InChI is InChI=1S/C12H20N2OS/c1-10-3-7-16-12(10)9-13-4-2-11-8-14-5-6-15-11/h3,7,11,13-14H,2,4-6,8-9H2,1H3. The Balaban J connectivity index is 1.59. The second-order valence-electron chi connectivity index (χ2n) is 4.19. The molecule has 1 aromatic heterocycles. The van der Waals surface area contributed by atoms with Gasteiger partial charge in [-0.2, -0.15) is 0 Å². The highest BCUT2D eigenvalue weighted by atomic mass is 32.1. The van der Waals surface area contributed by atoms with Crippen LogP contribution in [-0.4, -0.2) is 32.3 Å². The fraction of sp³-hybridized carbons (Fsp3) is 0.667. The molecule has 1 aromatic rings. The molecule has 2 N–H and O–H groups in total. The fourth-order valence-electron chi connectivity index (χ4n) is 1.86. The first-order chi connectivity index (χ1) is 7.86. The summed E-state index contributed by atoms with van der Waals surface area (Å²) in [7, 11) is 0. The number of aryl methyl sites for hydroxylation is 1. The SMILES string of the molecule is Cc1ccsc1CNCCC1CNCCO1. The molecule has 0 spiro atoms. The van der Waals surface area contributed by atoms with Gasteiger partial charge in [-0.25, -0.2) is 0 Å². The zero-order valence-electron chi connectivity index (χ0n) is 9.79. The van der Waals surface area contributed by atoms with Crippen LogP contribution in [0.15, 0.2) is 11.4 Å². The van der Waals surface area contributed by atoms with Gasteiger partial charge < -0.3 is 15.4 Å². The second kappa shape index (κ2) is 6.35. The highest BCUT2D eigenvalue weighted by Crippen LogP contribution is 2.14. The molecule has 90 valence electrons. The predicted octanol–water partition coefficient (Wildman–Crippen LogP) is 1.52. The van der Waals surface area contributed by atoms with Gasteiger partial charge in [-0.15, -0.1) is 11.3 Å². The van der Waals surface area contributed by atoms with E-state index in [-0.39, 0.29) is 0 Å². The number of hydrogen-bond donors (Lipinski definition) is 2. The van der Waals surface area contributed by atoms with Crippen molar-refractivity contribution in [2.24, 2.45) is 0 Å². The molecule has 0 aromatic carbocycles. The molecular formula is C12H20N2OS. The minimum Gasteiger partial charge on any atom is -0.376 e. The smallest absolute Gasteiger partial charge is 0.0712 e. The van der Waals surface area contributed by atoms with E-state index in [1.54, 1.807) is 0 Å². The Labute approximate surface area is 101 Å². The van der Waals surface area contributed by atoms with E-state index in [1.165, 1.54) is 10.4 Å². The van der Waals surface area contributed by atoms with Gasteiger partial charge >= 0.3 is 0 Å². The van der Waals surface area contributed by atoms with Crippen LogP contribution in [0.1, 0.15) is 16.9 Å². The molecule has 1 aliphatic rings. The van der Waals surface area contributed by atoms with E-state index in [2.05, 4.69) is 29.0 Å². The lowest BCUT2D eigenvalue weighted by atomic mass is 10.2. The van der Waals surface area contributed by atoms with E-state index in [4.69, 9.17) is 4.74 Å². The summed E-state index contributed by atoms with van der Waals surface area (Å²) >= 11 is 1.83. The van der Waals surface area contributed by atoms with E-state index < -0.39 is 0 Å². The van der Waals surface area contributed by atoms with Crippen molar-refractivity contribution in [1.29, 1.82) is 0 Å². The van der Waals surface area contributed by atoms with Crippen LogP contribution >= 0.6 is 11.3 Å². The van der Waals surface area contributed by atoms with Gasteiger partial charge in [0.05, 0.1) is 12.7 Å². The summed E-state index contributed by atoms with van der Waals surface area (Å²) in [4.78, 5) is 1.45. The average molecular weight is 240 g/mol. The minimum atomic E-state index is 0.394. The molecule has 1 unspecified atom stereocenters. The van der Waals surface area contributed by atoms with E-state index >= 15 is 0 Å². The molecule has 0 radical (unpaired) electrons. The lowest BCUT2D eigenvalue weighted by Crippen LogP contribution is -2.39. The van der Waals surface area contributed by atoms with Crippen LogP contribution in [0.2, 0.25) is 0 Å². The summed E-state index contributed by atoms with van der Waals surface area (Å²) in [6.45, 7) is 7.04. The van der Waals surface area contributed by atoms with Gasteiger partial charge in [0.15, 0.2) is 0 Å². The van der Waals surface area contributed by atoms with Crippen LogP contribution < -0.4 is 10.6 Å². The molecular weight excluding hydrogens is 220 g/mol. The Morgan fingerprint density at radius 1 is 1.62 bits per heavy atom. The average Bonchev–Trinajstić information content (AvgIpc) is 2.72. The second-order valence-corrected chi connectivity index (χ2v) is 5.19. The highest BCUT2D eigenvalue weighted by Gasteiger charge is 2.12. The van der Waals surface area contributed by atoms with Crippen LogP contribution in [-0.2, 0) is 11.3 Å². The van der Waals surface area contributed by atoms with Crippen LogP contribution in [0.3, 0.4) is 0 Å². The maximum Gasteiger partial charge on any atom is 0.0712 e. The molecule has 0 bridgehead atoms. The summed E-state index contributed by atoms with van der Waals surface area (Å²) in [5, 5.41) is 8.98. The van der Waals surface area contributed by atoms with Crippen molar-refractivity contribution in [3.8, 4) is 0 Å². The number of thiophene rings is 1. The number of rotatable bonds is 5. The first-order valence-corrected chi connectivity index (χ1v) is 6.80. The van der Waals surface area contributed by atoms with Gasteiger partial charge in [0.1, 0.15) is 0 Å². The van der Waals surface area contributed by atoms with Crippen LogP contribution in [0.25, 0.3) is 0 Å². The van der Waals surface area contributed by atoms with Crippen molar-refractivity contribution in [3.05, 3.63) is 21.9 Å². The first-order valence-electron chi connectivity index (χ1n) is 5.92. The topological polar surface area (TPSA) is 33.3 Å². The molecule has 0 aliphatic carbocycles. The molecule has 1 atom stereocenters. The molecule has 1 fully saturated rings. The van der Waals surface area contributed by atoms with Gasteiger partial charge in [-0.05, 0) is 36.9 Å². The van der Waals surface area contributed by atoms with Crippen molar-refractivity contribution >= 4 is 11.3 Å². The Bertz CT molecular complexity index is 308. The van der Waals surface area contributed by atoms with E-state index in [9.17, 15) is 0 Å². The van der Waals surface area contributed by atoms with Gasteiger partial charge in [-0.3, -0.25) is 0 Å². The molecule has 2 heterocycles. The Morgan fingerprint density at radius 2 is 2.56 bits per heavy atom. The molecule has 4 heteroatoms. The molecule has 16 heavy (non-hydrogen) atoms. The predicted molar refractivity (Wildman–Crippen MR) is 68.0 cm³/mol. The molecule has 0 amide bonds. The lowest BCUT2D eigenvalue weighted by molar-refractivity contribution is 0.0238. The zero-order valence-corrected chi connectivity index (χ0v) is 10.6. The van der Waals surface area contributed by atoms with Gasteiger partial charge in [0, 0.05) is 24.5 Å². The summed E-state index contributed by atoms with van der Waals surface area (Å²) in [5.74, 6) is 0. The Kier molecular flexibility index (Phi) is 4.78. The molecule has 1 aliphatic heterocycles. The summed E-state index contributed by atoms with van der Waals surface area (Å²) in [6, 6.07) is 2.18. The molecule has 2 rings (SSSR count). The van der Waals surface area contributed by atoms with Crippen LogP contribution in [0.5, 0.6) is 0 Å². The quantitative estimate of drug-likeness (QED) is 0.766. The van der Waals surface area contributed by atoms with Crippen LogP contribution in [0.4, 0.5) is 0 Å². The minimum absolute atomic E-state index is 0.394. The molecule has 3 nitrogen and oxygen atoms in total. The largest absolute Gasteiger partial charge is 0.376 e. The zero-order chi connectivity index (χ0) is 11.2. The fourth-order valence-corrected chi connectivity index (χ4v) is 2.73. The number of nitrogens with one attached hydrogen (secondary N) is 2.